The summed E-state index contributed by atoms with van der Waals surface area (Å²) >= 11 is 0. The van der Waals surface area contributed by atoms with Crippen molar-refractivity contribution in [1.29, 1.82) is 0 Å². The fourth-order valence-electron chi connectivity index (χ4n) is 3.83. The van der Waals surface area contributed by atoms with Crippen molar-refractivity contribution >= 4 is 27.0 Å². The Hall–Kier alpha value is -2.84. The smallest absolute Gasteiger partial charge is 0.407 e. The maximum absolute atomic E-state index is 12.0. The molecule has 0 unspecified atom stereocenters. The van der Waals surface area contributed by atoms with Crippen LogP contribution in [0.3, 0.4) is 0 Å². The van der Waals surface area contributed by atoms with E-state index < -0.39 is 16.1 Å². The van der Waals surface area contributed by atoms with Crippen LogP contribution in [0.5, 0.6) is 0 Å². The van der Waals surface area contributed by atoms with E-state index in [0.717, 1.165) is 40.4 Å². The van der Waals surface area contributed by atoms with Gasteiger partial charge in [-0.15, -0.1) is 0 Å². The molecule has 1 fully saturated rings. The van der Waals surface area contributed by atoms with Gasteiger partial charge in [0.1, 0.15) is 6.61 Å². The highest BCUT2D eigenvalue weighted by Crippen LogP contribution is 2.40. The van der Waals surface area contributed by atoms with Crippen molar-refractivity contribution in [2.45, 2.75) is 37.2 Å². The van der Waals surface area contributed by atoms with Gasteiger partial charge in [0.2, 0.25) is 10.0 Å². The number of carbonyl (C=O) groups is 1. The lowest BCUT2D eigenvalue weighted by molar-refractivity contribution is 0.128. The van der Waals surface area contributed by atoms with Gasteiger partial charge in [-0.05, 0) is 54.6 Å². The number of alkyl carbamates (subject to hydrolysis) is 1. The maximum atomic E-state index is 12.0. The van der Waals surface area contributed by atoms with Crippen LogP contribution < -0.4 is 10.0 Å². The van der Waals surface area contributed by atoms with Gasteiger partial charge >= 0.3 is 6.09 Å². The lowest BCUT2D eigenvalue weighted by Gasteiger charge is -2.35. The van der Waals surface area contributed by atoms with Crippen LogP contribution in [0.1, 0.15) is 35.4 Å². The van der Waals surface area contributed by atoms with Gasteiger partial charge in [0, 0.05) is 23.1 Å². The number of aromatic nitrogens is 1. The van der Waals surface area contributed by atoms with Gasteiger partial charge in [-0.3, -0.25) is 0 Å². The van der Waals surface area contributed by atoms with Crippen molar-refractivity contribution in [3.8, 4) is 0 Å². The number of nitrogens with one attached hydrogen (secondary N) is 3. The molecule has 1 heterocycles. The van der Waals surface area contributed by atoms with Crippen LogP contribution in [0.15, 0.2) is 54.7 Å². The largest absolute Gasteiger partial charge is 0.445 e. The molecule has 2 aromatic carbocycles. The highest BCUT2D eigenvalue weighted by atomic mass is 32.2. The molecule has 8 heteroatoms. The maximum Gasteiger partial charge on any atom is 0.407 e. The Morgan fingerprint density at radius 3 is 2.63 bits per heavy atom. The van der Waals surface area contributed by atoms with E-state index in [1.807, 2.05) is 54.7 Å². The van der Waals surface area contributed by atoms with Crippen molar-refractivity contribution in [3.05, 3.63) is 71.4 Å². The third kappa shape index (κ3) is 4.66. The molecule has 1 aliphatic carbocycles. The Morgan fingerprint density at radius 2 is 1.90 bits per heavy atom. The van der Waals surface area contributed by atoms with Gasteiger partial charge in [0.25, 0.3) is 0 Å². The van der Waals surface area contributed by atoms with E-state index in [-0.39, 0.29) is 18.4 Å². The van der Waals surface area contributed by atoms with E-state index in [0.29, 0.717) is 5.92 Å². The van der Waals surface area contributed by atoms with Crippen LogP contribution in [0.2, 0.25) is 0 Å². The average molecular weight is 428 g/mol. The number of sulfonamides is 1. The van der Waals surface area contributed by atoms with Crippen LogP contribution >= 0.6 is 0 Å². The molecule has 30 heavy (non-hydrogen) atoms. The number of hydrogen-bond donors (Lipinski definition) is 3. The number of H-pyrrole nitrogens is 1. The monoisotopic (exact) mass is 427 g/mol. The minimum Gasteiger partial charge on any atom is -0.445 e. The third-order valence-electron chi connectivity index (χ3n) is 5.56. The molecule has 158 valence electrons. The summed E-state index contributed by atoms with van der Waals surface area (Å²) in [4.78, 5) is 15.3. The van der Waals surface area contributed by atoms with E-state index in [1.54, 1.807) is 0 Å². The second kappa shape index (κ2) is 8.49. The lowest BCUT2D eigenvalue weighted by Crippen LogP contribution is -2.43. The third-order valence-corrected chi connectivity index (χ3v) is 6.89. The molecule has 7 nitrogen and oxygen atoms in total. The quantitative estimate of drug-likeness (QED) is 0.538. The van der Waals surface area contributed by atoms with Crippen molar-refractivity contribution in [2.24, 2.45) is 0 Å². The summed E-state index contributed by atoms with van der Waals surface area (Å²) in [6.07, 6.45) is 3.23. The molecule has 1 amide bonds. The number of amides is 1. The molecule has 0 spiro atoms. The molecule has 0 aliphatic heterocycles. The minimum atomic E-state index is -3.32. The highest BCUT2D eigenvalue weighted by molar-refractivity contribution is 7.88. The van der Waals surface area contributed by atoms with E-state index in [4.69, 9.17) is 4.74 Å². The molecule has 1 aromatic heterocycles. The SMILES string of the molecule is CNS(=O)(=O)Cc1ccc2[nH]cc(C3CC(NC(=O)OCc4ccccc4)C3)c2c1. The predicted octanol–water partition coefficient (Wildman–Crippen LogP) is 3.39. The van der Waals surface area contributed by atoms with Crippen molar-refractivity contribution in [2.75, 3.05) is 7.05 Å². The summed E-state index contributed by atoms with van der Waals surface area (Å²) in [5.41, 5.74) is 3.84. The number of hydrogen-bond acceptors (Lipinski definition) is 4. The second-order valence-corrected chi connectivity index (χ2v) is 9.58. The van der Waals surface area contributed by atoms with Crippen molar-refractivity contribution in [3.63, 3.8) is 0 Å². The number of fused-ring (bicyclic) bond motifs is 1. The lowest BCUT2D eigenvalue weighted by atomic mass is 9.76. The van der Waals surface area contributed by atoms with Gasteiger partial charge in [-0.25, -0.2) is 17.9 Å². The van der Waals surface area contributed by atoms with Crippen LogP contribution in [0.4, 0.5) is 4.79 Å². The summed E-state index contributed by atoms with van der Waals surface area (Å²) < 4.78 is 31.3. The molecule has 0 radical (unpaired) electrons. The summed E-state index contributed by atoms with van der Waals surface area (Å²) in [5, 5.41) is 3.95. The number of aromatic amines is 1. The molecule has 3 aromatic rings. The average Bonchev–Trinajstić information content (AvgIpc) is 3.12. The Balaban J connectivity index is 1.34. The first-order valence-electron chi connectivity index (χ1n) is 9.92. The van der Waals surface area contributed by atoms with Crippen molar-refractivity contribution < 1.29 is 17.9 Å². The molecule has 0 bridgehead atoms. The molecule has 3 N–H and O–H groups in total. The summed E-state index contributed by atoms with van der Waals surface area (Å²) in [6, 6.07) is 15.3. The molecule has 0 atom stereocenters. The topological polar surface area (TPSA) is 100 Å². The number of benzene rings is 2. The fourth-order valence-corrected chi connectivity index (χ4v) is 4.59. The number of ether oxygens (including phenoxy) is 1. The molecule has 1 saturated carbocycles. The Labute approximate surface area is 175 Å². The predicted molar refractivity (Wildman–Crippen MR) is 116 cm³/mol. The number of rotatable bonds is 7. The first kappa shape index (κ1) is 20.4. The van der Waals surface area contributed by atoms with E-state index >= 15 is 0 Å². The molecule has 0 saturated heterocycles. The van der Waals surface area contributed by atoms with Crippen LogP contribution in [-0.2, 0) is 27.1 Å². The molecular weight excluding hydrogens is 402 g/mol. The van der Waals surface area contributed by atoms with Gasteiger partial charge in [0.05, 0.1) is 5.75 Å². The normalized spacial score (nSPS) is 18.7. The fraction of sp³-hybridized carbons (Fsp3) is 0.318. The summed E-state index contributed by atoms with van der Waals surface area (Å²) in [7, 11) is -1.90. The second-order valence-electron chi connectivity index (χ2n) is 7.66. The molecular formula is C22H25N3O4S. The van der Waals surface area contributed by atoms with Gasteiger partial charge < -0.3 is 15.0 Å². The number of carbonyl (C=O) groups excluding carboxylic acids is 1. The standard InChI is InChI=1S/C22H25N3O4S/c1-23-30(27,28)14-16-7-8-21-19(9-16)20(12-24-21)17-10-18(11-17)25-22(26)29-13-15-5-3-2-4-6-15/h2-9,12,17-18,23-24H,10-11,13-14H2,1H3,(H,25,26). The van der Waals surface area contributed by atoms with Crippen LogP contribution in [-0.4, -0.2) is 32.6 Å². The van der Waals surface area contributed by atoms with E-state index in [2.05, 4.69) is 15.0 Å². The zero-order chi connectivity index (χ0) is 21.1. The Bertz CT molecular complexity index is 1140. The van der Waals surface area contributed by atoms with Gasteiger partial charge in [-0.2, -0.15) is 0 Å². The first-order valence-corrected chi connectivity index (χ1v) is 11.6. The molecule has 1 aliphatic rings. The summed E-state index contributed by atoms with van der Waals surface area (Å²) in [6.45, 7) is 0.254. The van der Waals surface area contributed by atoms with Crippen LogP contribution in [0, 0.1) is 0 Å². The minimum absolute atomic E-state index is 0.0494. The van der Waals surface area contributed by atoms with Crippen molar-refractivity contribution in [1.82, 2.24) is 15.0 Å². The zero-order valence-electron chi connectivity index (χ0n) is 16.7. The van der Waals surface area contributed by atoms with Crippen LogP contribution in [0.25, 0.3) is 10.9 Å². The highest BCUT2D eigenvalue weighted by Gasteiger charge is 2.33. The Kier molecular flexibility index (Phi) is 5.78. The first-order chi connectivity index (χ1) is 14.4. The van der Waals surface area contributed by atoms with Gasteiger partial charge in [-0.1, -0.05) is 36.4 Å². The zero-order valence-corrected chi connectivity index (χ0v) is 17.5. The van der Waals surface area contributed by atoms with Gasteiger partial charge in [0.15, 0.2) is 0 Å². The van der Waals surface area contributed by atoms with E-state index in [1.165, 1.54) is 7.05 Å². The Morgan fingerprint density at radius 1 is 1.13 bits per heavy atom. The van der Waals surface area contributed by atoms with E-state index in [9.17, 15) is 13.2 Å². The summed E-state index contributed by atoms with van der Waals surface area (Å²) in [5.74, 6) is 0.265. The molecule has 4 rings (SSSR count).